The molecule has 2 aromatic carbocycles. The molecule has 2 aromatic rings. The van der Waals surface area contributed by atoms with E-state index in [0.29, 0.717) is 18.0 Å². The van der Waals surface area contributed by atoms with E-state index in [0.717, 1.165) is 5.56 Å². The van der Waals surface area contributed by atoms with Gasteiger partial charge in [-0.05, 0) is 42.8 Å². The maximum Gasteiger partial charge on any atom is 0.269 e. The monoisotopic (exact) mass is 301 g/mol. The summed E-state index contributed by atoms with van der Waals surface area (Å²) >= 11 is 0. The van der Waals surface area contributed by atoms with Crippen LogP contribution >= 0.6 is 0 Å². The molecule has 0 aliphatic heterocycles. The highest BCUT2D eigenvalue weighted by Gasteiger charge is 2.03. The van der Waals surface area contributed by atoms with E-state index in [-0.39, 0.29) is 11.4 Å². The summed E-state index contributed by atoms with van der Waals surface area (Å²) in [5, 5.41) is 24.2. The fourth-order valence-electron chi connectivity index (χ4n) is 1.72. The molecular weight excluding hydrogens is 286 g/mol. The molecule has 0 heterocycles. The largest absolute Gasteiger partial charge is 0.504 e. The van der Waals surface area contributed by atoms with Crippen LogP contribution in [0.15, 0.2) is 47.6 Å². The highest BCUT2D eigenvalue weighted by atomic mass is 16.6. The zero-order valence-corrected chi connectivity index (χ0v) is 11.9. The predicted molar refractivity (Wildman–Crippen MR) is 83.6 cm³/mol. The van der Waals surface area contributed by atoms with E-state index in [4.69, 9.17) is 4.74 Å². The summed E-state index contributed by atoms with van der Waals surface area (Å²) in [5.74, 6) is 0.462. The number of aromatic hydroxyl groups is 1. The Kier molecular flexibility index (Phi) is 4.92. The molecule has 0 amide bonds. The molecule has 0 saturated carbocycles. The van der Waals surface area contributed by atoms with Crippen molar-refractivity contribution in [2.75, 3.05) is 12.0 Å². The topological polar surface area (TPSA) is 97.0 Å². The Labute approximate surface area is 127 Å². The van der Waals surface area contributed by atoms with Gasteiger partial charge in [0.25, 0.3) is 5.69 Å². The molecule has 2 rings (SSSR count). The maximum absolute atomic E-state index is 10.5. The zero-order valence-electron chi connectivity index (χ0n) is 11.9. The van der Waals surface area contributed by atoms with Gasteiger partial charge >= 0.3 is 0 Å². The van der Waals surface area contributed by atoms with E-state index in [9.17, 15) is 15.2 Å². The van der Waals surface area contributed by atoms with Gasteiger partial charge in [0.15, 0.2) is 11.5 Å². The van der Waals surface area contributed by atoms with E-state index in [1.54, 1.807) is 30.5 Å². The molecule has 0 atom stereocenters. The molecule has 0 aliphatic rings. The second kappa shape index (κ2) is 7.07. The van der Waals surface area contributed by atoms with Crippen LogP contribution in [0.2, 0.25) is 0 Å². The van der Waals surface area contributed by atoms with Crippen molar-refractivity contribution in [3.05, 3.63) is 58.1 Å². The molecule has 114 valence electrons. The number of phenols is 1. The number of nitrogens with zero attached hydrogens (tertiary/aromatic N) is 2. The number of phenolic OH excluding ortho intramolecular Hbond substituents is 1. The average Bonchev–Trinajstić information content (AvgIpc) is 2.51. The van der Waals surface area contributed by atoms with Crippen LogP contribution in [0.5, 0.6) is 11.5 Å². The van der Waals surface area contributed by atoms with Gasteiger partial charge in [0, 0.05) is 12.1 Å². The average molecular weight is 301 g/mol. The van der Waals surface area contributed by atoms with Crippen molar-refractivity contribution in [3.8, 4) is 11.5 Å². The lowest BCUT2D eigenvalue weighted by molar-refractivity contribution is -0.384. The third-order valence-electron chi connectivity index (χ3n) is 2.77. The number of anilines is 1. The molecule has 0 spiro atoms. The normalized spacial score (nSPS) is 10.6. The predicted octanol–water partition coefficient (Wildman–Crippen LogP) is 3.15. The van der Waals surface area contributed by atoms with Crippen LogP contribution in [0.4, 0.5) is 11.4 Å². The van der Waals surface area contributed by atoms with E-state index < -0.39 is 4.92 Å². The fraction of sp³-hybridized carbons (Fsp3) is 0.133. The van der Waals surface area contributed by atoms with Crippen molar-refractivity contribution in [2.45, 2.75) is 6.92 Å². The number of nitro groups is 1. The summed E-state index contributed by atoms with van der Waals surface area (Å²) in [6.07, 6.45) is 1.56. The first-order chi connectivity index (χ1) is 10.6. The van der Waals surface area contributed by atoms with Gasteiger partial charge in [-0.25, -0.2) is 0 Å². The Bertz CT molecular complexity index is 684. The van der Waals surface area contributed by atoms with Crippen molar-refractivity contribution in [3.63, 3.8) is 0 Å². The zero-order chi connectivity index (χ0) is 15.9. The van der Waals surface area contributed by atoms with E-state index >= 15 is 0 Å². The third-order valence-corrected chi connectivity index (χ3v) is 2.77. The van der Waals surface area contributed by atoms with Crippen molar-refractivity contribution in [1.82, 2.24) is 0 Å². The minimum atomic E-state index is -0.460. The maximum atomic E-state index is 10.5. The first kappa shape index (κ1) is 15.3. The molecule has 0 saturated heterocycles. The first-order valence-corrected chi connectivity index (χ1v) is 6.59. The standard InChI is InChI=1S/C15H15N3O4/c1-2-22-15-9-11(3-8-14(15)19)10-16-17-12-4-6-13(7-5-12)18(20)21/h3-10,17,19H,2H2,1H3/b16-10-. The number of hydrogen-bond acceptors (Lipinski definition) is 6. The van der Waals surface area contributed by atoms with Crippen LogP contribution < -0.4 is 10.2 Å². The number of hydrazone groups is 1. The van der Waals surface area contributed by atoms with Crippen molar-refractivity contribution in [2.24, 2.45) is 5.10 Å². The summed E-state index contributed by atoms with van der Waals surface area (Å²) in [5.41, 5.74) is 4.17. The second-order valence-electron chi connectivity index (χ2n) is 4.33. The Morgan fingerprint density at radius 3 is 2.68 bits per heavy atom. The molecule has 2 N–H and O–H groups in total. The molecule has 0 aromatic heterocycles. The lowest BCUT2D eigenvalue weighted by Crippen LogP contribution is -1.94. The summed E-state index contributed by atoms with van der Waals surface area (Å²) in [6.45, 7) is 2.28. The first-order valence-electron chi connectivity index (χ1n) is 6.59. The summed E-state index contributed by atoms with van der Waals surface area (Å²) < 4.78 is 5.28. The number of nitro benzene ring substituents is 1. The Hall–Kier alpha value is -3.09. The van der Waals surface area contributed by atoms with Crippen LogP contribution in [0.25, 0.3) is 0 Å². The summed E-state index contributed by atoms with van der Waals surface area (Å²) in [6, 6.07) is 10.8. The molecular formula is C15H15N3O4. The third kappa shape index (κ3) is 3.95. The van der Waals surface area contributed by atoms with Gasteiger partial charge in [-0.3, -0.25) is 15.5 Å². The molecule has 0 fully saturated rings. The molecule has 7 heteroatoms. The van der Waals surface area contributed by atoms with Crippen molar-refractivity contribution >= 4 is 17.6 Å². The molecule has 7 nitrogen and oxygen atoms in total. The van der Waals surface area contributed by atoms with Gasteiger partial charge in [0.05, 0.1) is 23.4 Å². The van der Waals surface area contributed by atoms with Crippen LogP contribution in [0, 0.1) is 10.1 Å². The number of nitrogens with one attached hydrogen (secondary N) is 1. The Morgan fingerprint density at radius 1 is 1.32 bits per heavy atom. The Balaban J connectivity index is 2.03. The summed E-state index contributed by atoms with van der Waals surface area (Å²) in [4.78, 5) is 10.1. The lowest BCUT2D eigenvalue weighted by atomic mass is 10.2. The quantitative estimate of drug-likeness (QED) is 0.485. The van der Waals surface area contributed by atoms with Gasteiger partial charge < -0.3 is 9.84 Å². The minimum absolute atomic E-state index is 0.0226. The molecule has 0 aliphatic carbocycles. The molecule has 0 unspecified atom stereocenters. The van der Waals surface area contributed by atoms with Gasteiger partial charge in [0.2, 0.25) is 0 Å². The van der Waals surface area contributed by atoms with Crippen LogP contribution in [-0.4, -0.2) is 22.9 Å². The smallest absolute Gasteiger partial charge is 0.269 e. The second-order valence-corrected chi connectivity index (χ2v) is 4.33. The molecule has 22 heavy (non-hydrogen) atoms. The number of ether oxygens (including phenoxy) is 1. The lowest BCUT2D eigenvalue weighted by Gasteiger charge is -2.06. The number of rotatable bonds is 6. The number of hydrogen-bond donors (Lipinski definition) is 2. The van der Waals surface area contributed by atoms with Crippen LogP contribution in [0.3, 0.4) is 0 Å². The highest BCUT2D eigenvalue weighted by Crippen LogP contribution is 2.26. The van der Waals surface area contributed by atoms with E-state index in [1.807, 2.05) is 6.92 Å². The molecule has 0 radical (unpaired) electrons. The van der Waals surface area contributed by atoms with Crippen LogP contribution in [0.1, 0.15) is 12.5 Å². The van der Waals surface area contributed by atoms with Crippen molar-refractivity contribution < 1.29 is 14.8 Å². The number of non-ortho nitro benzene ring substituents is 1. The summed E-state index contributed by atoms with van der Waals surface area (Å²) in [7, 11) is 0. The number of benzene rings is 2. The van der Waals surface area contributed by atoms with Gasteiger partial charge in [0.1, 0.15) is 0 Å². The molecule has 0 bridgehead atoms. The SMILES string of the molecule is CCOc1cc(/C=N\Nc2ccc([N+](=O)[O-])cc2)ccc1O. The van der Waals surface area contributed by atoms with E-state index in [2.05, 4.69) is 10.5 Å². The highest BCUT2D eigenvalue weighted by molar-refractivity contribution is 5.81. The van der Waals surface area contributed by atoms with Crippen LogP contribution in [-0.2, 0) is 0 Å². The van der Waals surface area contributed by atoms with Gasteiger partial charge in [-0.2, -0.15) is 5.10 Å². The van der Waals surface area contributed by atoms with E-state index in [1.165, 1.54) is 18.2 Å². The fourth-order valence-corrected chi connectivity index (χ4v) is 1.72. The van der Waals surface area contributed by atoms with Gasteiger partial charge in [-0.15, -0.1) is 0 Å². The Morgan fingerprint density at radius 2 is 2.05 bits per heavy atom. The minimum Gasteiger partial charge on any atom is -0.504 e. The van der Waals surface area contributed by atoms with Gasteiger partial charge in [-0.1, -0.05) is 0 Å². The van der Waals surface area contributed by atoms with Crippen molar-refractivity contribution in [1.29, 1.82) is 0 Å².